The smallest absolute Gasteiger partial charge is 0.244 e. The van der Waals surface area contributed by atoms with Crippen molar-refractivity contribution >= 4 is 34.0 Å². The molecular weight excluding hydrogens is 331 g/mol. The Morgan fingerprint density at radius 1 is 1.43 bits per heavy atom. The molecule has 0 saturated carbocycles. The Morgan fingerprint density at radius 3 is 2.67 bits per heavy atom. The molecule has 120 valence electrons. The van der Waals surface area contributed by atoms with Crippen molar-refractivity contribution in [2.75, 3.05) is 13.1 Å². The van der Waals surface area contributed by atoms with Crippen molar-refractivity contribution < 1.29 is 8.42 Å². The third-order valence-corrected chi connectivity index (χ3v) is 6.24. The molecule has 1 fully saturated rings. The van der Waals surface area contributed by atoms with E-state index >= 15 is 0 Å². The zero-order valence-electron chi connectivity index (χ0n) is 12.3. The molecule has 1 unspecified atom stereocenters. The van der Waals surface area contributed by atoms with Crippen LogP contribution in [-0.2, 0) is 10.0 Å². The highest BCUT2D eigenvalue weighted by Crippen LogP contribution is 2.32. The first-order valence-corrected chi connectivity index (χ1v) is 8.71. The van der Waals surface area contributed by atoms with Gasteiger partial charge in [-0.05, 0) is 36.5 Å². The molecule has 0 amide bonds. The molecule has 1 atom stereocenters. The lowest BCUT2D eigenvalue weighted by atomic mass is 10.0. The van der Waals surface area contributed by atoms with Gasteiger partial charge in [-0.15, -0.1) is 12.4 Å². The first kappa shape index (κ1) is 18.7. The topological polar surface area (TPSA) is 63.4 Å². The van der Waals surface area contributed by atoms with E-state index in [2.05, 4.69) is 0 Å². The minimum Gasteiger partial charge on any atom is -0.329 e. The number of nitrogens with two attached hydrogens (primary N) is 1. The summed E-state index contributed by atoms with van der Waals surface area (Å²) in [5.41, 5.74) is 6.65. The summed E-state index contributed by atoms with van der Waals surface area (Å²) in [5.74, 6) is 0.255. The van der Waals surface area contributed by atoms with Crippen molar-refractivity contribution in [1.82, 2.24) is 4.31 Å². The molecule has 1 aromatic rings. The highest BCUT2D eigenvalue weighted by molar-refractivity contribution is 7.89. The van der Waals surface area contributed by atoms with Crippen molar-refractivity contribution in [3.8, 4) is 0 Å². The van der Waals surface area contributed by atoms with Gasteiger partial charge in [-0.25, -0.2) is 8.42 Å². The lowest BCUT2D eigenvalue weighted by Gasteiger charge is -2.24. The van der Waals surface area contributed by atoms with E-state index < -0.39 is 10.0 Å². The summed E-state index contributed by atoms with van der Waals surface area (Å²) < 4.78 is 27.1. The van der Waals surface area contributed by atoms with Gasteiger partial charge in [-0.2, -0.15) is 4.31 Å². The molecule has 0 bridgehead atoms. The first-order valence-electron chi connectivity index (χ1n) is 6.89. The number of nitrogens with zero attached hydrogens (tertiary/aromatic N) is 1. The molecule has 2 rings (SSSR count). The third-order valence-electron chi connectivity index (χ3n) is 3.80. The maximum Gasteiger partial charge on any atom is 0.244 e. The quantitative estimate of drug-likeness (QED) is 0.905. The molecule has 0 aromatic heterocycles. The molecule has 2 N–H and O–H groups in total. The van der Waals surface area contributed by atoms with Crippen LogP contribution >= 0.6 is 24.0 Å². The van der Waals surface area contributed by atoms with Crippen LogP contribution in [0.15, 0.2) is 23.1 Å². The van der Waals surface area contributed by atoms with E-state index in [4.69, 9.17) is 17.3 Å². The lowest BCUT2D eigenvalue weighted by Crippen LogP contribution is -2.40. The Morgan fingerprint density at radius 2 is 2.10 bits per heavy atom. The van der Waals surface area contributed by atoms with Crippen LogP contribution in [0.2, 0.25) is 5.02 Å². The molecule has 0 radical (unpaired) electrons. The predicted molar refractivity (Wildman–Crippen MR) is 88.8 cm³/mol. The molecule has 0 aliphatic carbocycles. The number of rotatable bonds is 4. The summed E-state index contributed by atoms with van der Waals surface area (Å²) in [4.78, 5) is 0.200. The van der Waals surface area contributed by atoms with E-state index in [1.807, 2.05) is 19.9 Å². The minimum absolute atomic E-state index is 0. The van der Waals surface area contributed by atoms with Crippen molar-refractivity contribution in [1.29, 1.82) is 0 Å². The van der Waals surface area contributed by atoms with Gasteiger partial charge in [-0.1, -0.05) is 31.5 Å². The summed E-state index contributed by atoms with van der Waals surface area (Å²) in [7, 11) is -3.57. The molecule has 1 saturated heterocycles. The second-order valence-corrected chi connectivity index (χ2v) is 7.76. The molecule has 4 nitrogen and oxygen atoms in total. The van der Waals surface area contributed by atoms with Crippen molar-refractivity contribution in [3.63, 3.8) is 0 Å². The Bertz CT molecular complexity index is 591. The minimum atomic E-state index is -3.57. The van der Waals surface area contributed by atoms with Gasteiger partial charge >= 0.3 is 0 Å². The van der Waals surface area contributed by atoms with Crippen molar-refractivity contribution in [2.45, 2.75) is 43.5 Å². The monoisotopic (exact) mass is 352 g/mol. The van der Waals surface area contributed by atoms with Crippen LogP contribution in [0.3, 0.4) is 0 Å². The second kappa shape index (κ2) is 7.29. The van der Waals surface area contributed by atoms with E-state index in [-0.39, 0.29) is 34.3 Å². The van der Waals surface area contributed by atoms with Crippen molar-refractivity contribution in [3.05, 3.63) is 28.8 Å². The van der Waals surface area contributed by atoms with Crippen LogP contribution in [0.5, 0.6) is 0 Å². The highest BCUT2D eigenvalue weighted by Gasteiger charge is 2.35. The first-order chi connectivity index (χ1) is 9.37. The normalized spacial score (nSPS) is 19.8. The average molecular weight is 353 g/mol. The fourth-order valence-electron chi connectivity index (χ4n) is 2.56. The van der Waals surface area contributed by atoms with E-state index in [0.29, 0.717) is 13.1 Å². The number of sulfonamides is 1. The van der Waals surface area contributed by atoms with Gasteiger partial charge in [0.1, 0.15) is 4.90 Å². The van der Waals surface area contributed by atoms with Crippen LogP contribution in [0.1, 0.15) is 38.2 Å². The van der Waals surface area contributed by atoms with Gasteiger partial charge in [0.15, 0.2) is 0 Å². The lowest BCUT2D eigenvalue weighted by molar-refractivity contribution is 0.393. The molecule has 21 heavy (non-hydrogen) atoms. The second-order valence-electron chi connectivity index (χ2n) is 5.49. The summed E-state index contributed by atoms with van der Waals surface area (Å²) in [6.07, 6.45) is 1.67. The van der Waals surface area contributed by atoms with E-state index in [0.717, 1.165) is 18.4 Å². The molecule has 0 spiro atoms. The maximum atomic E-state index is 12.8. The van der Waals surface area contributed by atoms with Crippen LogP contribution in [-0.4, -0.2) is 31.9 Å². The third kappa shape index (κ3) is 3.71. The molecule has 1 aliphatic heterocycles. The number of halogens is 2. The highest BCUT2D eigenvalue weighted by atomic mass is 35.5. The average Bonchev–Trinajstić information content (AvgIpc) is 2.87. The number of benzene rings is 1. The maximum absolute atomic E-state index is 12.8. The van der Waals surface area contributed by atoms with Gasteiger partial charge in [0.2, 0.25) is 10.0 Å². The Hall–Kier alpha value is -0.330. The van der Waals surface area contributed by atoms with Crippen LogP contribution < -0.4 is 5.73 Å². The molecule has 7 heteroatoms. The fraction of sp³-hybridized carbons (Fsp3) is 0.571. The Kier molecular flexibility index (Phi) is 6.50. The summed E-state index contributed by atoms with van der Waals surface area (Å²) in [6.45, 7) is 4.92. The number of hydrogen-bond acceptors (Lipinski definition) is 3. The fourth-order valence-corrected chi connectivity index (χ4v) is 4.78. The molecule has 1 aliphatic rings. The predicted octanol–water partition coefficient (Wildman–Crippen LogP) is 3.00. The van der Waals surface area contributed by atoms with Crippen LogP contribution in [0.25, 0.3) is 0 Å². The van der Waals surface area contributed by atoms with Gasteiger partial charge < -0.3 is 5.73 Å². The summed E-state index contributed by atoms with van der Waals surface area (Å²) >= 11 is 6.12. The summed E-state index contributed by atoms with van der Waals surface area (Å²) in [6, 6.07) is 5.11. The molecule has 1 heterocycles. The zero-order chi connectivity index (χ0) is 14.9. The van der Waals surface area contributed by atoms with Gasteiger partial charge in [0, 0.05) is 19.1 Å². The van der Waals surface area contributed by atoms with E-state index in [1.165, 1.54) is 4.31 Å². The zero-order valence-corrected chi connectivity index (χ0v) is 14.6. The van der Waals surface area contributed by atoms with Gasteiger partial charge in [0.25, 0.3) is 0 Å². The Balaban J connectivity index is 0.00000220. The number of hydrogen-bond donors (Lipinski definition) is 1. The Labute approximate surface area is 138 Å². The largest absolute Gasteiger partial charge is 0.329 e. The van der Waals surface area contributed by atoms with Crippen molar-refractivity contribution in [2.24, 2.45) is 5.73 Å². The van der Waals surface area contributed by atoms with Crippen LogP contribution in [0.4, 0.5) is 0 Å². The van der Waals surface area contributed by atoms with Gasteiger partial charge in [-0.3, -0.25) is 0 Å². The summed E-state index contributed by atoms with van der Waals surface area (Å²) in [5, 5.41) is 0.275. The van der Waals surface area contributed by atoms with E-state index in [9.17, 15) is 8.42 Å². The molecule has 1 aromatic carbocycles. The van der Waals surface area contributed by atoms with Gasteiger partial charge in [0.05, 0.1) is 5.02 Å². The standard InChI is InChI=1S/C14H21ClN2O2S.ClH/c1-10(2)11-5-6-13(15)14(8-11)20(18,19)17-7-3-4-12(17)9-16;/h5-6,8,10,12H,3-4,7,9,16H2,1-2H3;1H. The molecular formula is C14H22Cl2N2O2S. The van der Waals surface area contributed by atoms with E-state index in [1.54, 1.807) is 12.1 Å². The van der Waals surface area contributed by atoms with Crippen LogP contribution in [0, 0.1) is 0 Å². The SMILES string of the molecule is CC(C)c1ccc(Cl)c(S(=O)(=O)N2CCCC2CN)c1.Cl.